The molecule has 0 aromatic heterocycles. The Balaban J connectivity index is 2.02. The molecule has 1 saturated heterocycles. The first-order chi connectivity index (χ1) is 8.49. The molecule has 1 aromatic carbocycles. The maximum Gasteiger partial charge on any atom is 0.123 e. The molecule has 0 bridgehead atoms. The van der Waals surface area contributed by atoms with Gasteiger partial charge in [-0.2, -0.15) is 0 Å². The normalized spacial score (nSPS) is 21.8. The van der Waals surface area contributed by atoms with E-state index in [9.17, 15) is 4.39 Å². The van der Waals surface area contributed by atoms with Crippen LogP contribution in [0, 0.1) is 5.82 Å². The molecule has 1 fully saturated rings. The zero-order chi connectivity index (χ0) is 13.2. The second kappa shape index (κ2) is 5.37. The highest BCUT2D eigenvalue weighted by molar-refractivity contribution is 5.17. The Morgan fingerprint density at radius 1 is 1.33 bits per heavy atom. The molecule has 1 unspecified atom stereocenters. The molecule has 1 heterocycles. The van der Waals surface area contributed by atoms with E-state index in [-0.39, 0.29) is 11.4 Å². The van der Waals surface area contributed by atoms with Gasteiger partial charge in [0.25, 0.3) is 0 Å². The molecule has 2 nitrogen and oxygen atoms in total. The monoisotopic (exact) mass is 250 g/mol. The Morgan fingerprint density at radius 2 is 2.00 bits per heavy atom. The SMILES string of the molecule is CC(Cc1ccc(F)cc1)N1CCNCC1(C)C. The molecule has 2 rings (SSSR count). The van der Waals surface area contributed by atoms with Crippen LogP contribution in [0.5, 0.6) is 0 Å². The lowest BCUT2D eigenvalue weighted by Gasteiger charge is -2.46. The summed E-state index contributed by atoms with van der Waals surface area (Å²) >= 11 is 0. The molecular weight excluding hydrogens is 227 g/mol. The standard InChI is InChI=1S/C15H23FN2/c1-12(10-13-4-6-14(16)7-5-13)18-9-8-17-11-15(18,2)3/h4-7,12,17H,8-11H2,1-3H3. The summed E-state index contributed by atoms with van der Waals surface area (Å²) in [7, 11) is 0. The van der Waals surface area contributed by atoms with Crippen LogP contribution in [0.25, 0.3) is 0 Å². The Bertz CT molecular complexity index is 386. The van der Waals surface area contributed by atoms with E-state index in [1.807, 2.05) is 12.1 Å². The molecule has 3 heteroatoms. The average Bonchev–Trinajstić information content (AvgIpc) is 2.31. The van der Waals surface area contributed by atoms with Crippen molar-refractivity contribution in [2.24, 2.45) is 0 Å². The molecule has 0 radical (unpaired) electrons. The van der Waals surface area contributed by atoms with E-state index < -0.39 is 0 Å². The Kier molecular flexibility index (Phi) is 4.03. The first-order valence-corrected chi connectivity index (χ1v) is 6.71. The minimum absolute atomic E-state index is 0.158. The third-order valence-electron chi connectivity index (χ3n) is 3.84. The molecule has 0 saturated carbocycles. The van der Waals surface area contributed by atoms with E-state index in [4.69, 9.17) is 0 Å². The van der Waals surface area contributed by atoms with Gasteiger partial charge in [-0.3, -0.25) is 4.90 Å². The number of piperazine rings is 1. The molecule has 0 aliphatic carbocycles. The fourth-order valence-electron chi connectivity index (χ4n) is 2.89. The summed E-state index contributed by atoms with van der Waals surface area (Å²) in [4.78, 5) is 2.55. The predicted octanol–water partition coefficient (Wildman–Crippen LogP) is 2.44. The molecular formula is C15H23FN2. The quantitative estimate of drug-likeness (QED) is 0.886. The van der Waals surface area contributed by atoms with Gasteiger partial charge in [-0.05, 0) is 44.9 Å². The van der Waals surface area contributed by atoms with Crippen molar-refractivity contribution in [3.63, 3.8) is 0 Å². The summed E-state index contributed by atoms with van der Waals surface area (Å²) in [5, 5.41) is 3.44. The number of nitrogens with zero attached hydrogens (tertiary/aromatic N) is 1. The number of halogens is 1. The van der Waals surface area contributed by atoms with Crippen molar-refractivity contribution in [3.8, 4) is 0 Å². The molecule has 0 amide bonds. The van der Waals surface area contributed by atoms with Crippen LogP contribution >= 0.6 is 0 Å². The van der Waals surface area contributed by atoms with Crippen molar-refractivity contribution in [1.29, 1.82) is 0 Å². The summed E-state index contributed by atoms with van der Waals surface area (Å²) in [6.45, 7) is 9.98. The highest BCUT2D eigenvalue weighted by atomic mass is 19.1. The average molecular weight is 250 g/mol. The van der Waals surface area contributed by atoms with Crippen LogP contribution in [0.3, 0.4) is 0 Å². The molecule has 100 valence electrons. The summed E-state index contributed by atoms with van der Waals surface area (Å²) < 4.78 is 12.9. The van der Waals surface area contributed by atoms with Crippen molar-refractivity contribution < 1.29 is 4.39 Å². The molecule has 1 aliphatic heterocycles. The summed E-state index contributed by atoms with van der Waals surface area (Å²) in [5.41, 5.74) is 1.40. The second-order valence-corrected chi connectivity index (χ2v) is 5.86. The van der Waals surface area contributed by atoms with Crippen molar-refractivity contribution in [3.05, 3.63) is 35.6 Å². The van der Waals surface area contributed by atoms with Gasteiger partial charge in [-0.15, -0.1) is 0 Å². The molecule has 1 aliphatic rings. The highest BCUT2D eigenvalue weighted by Crippen LogP contribution is 2.21. The zero-order valence-corrected chi connectivity index (χ0v) is 11.5. The molecule has 1 atom stereocenters. The van der Waals surface area contributed by atoms with E-state index in [0.717, 1.165) is 26.1 Å². The van der Waals surface area contributed by atoms with E-state index in [2.05, 4.69) is 31.0 Å². The van der Waals surface area contributed by atoms with Crippen molar-refractivity contribution in [2.75, 3.05) is 19.6 Å². The number of benzene rings is 1. The van der Waals surface area contributed by atoms with Gasteiger partial charge in [-0.1, -0.05) is 12.1 Å². The second-order valence-electron chi connectivity index (χ2n) is 5.86. The van der Waals surface area contributed by atoms with Crippen molar-refractivity contribution >= 4 is 0 Å². The van der Waals surface area contributed by atoms with Gasteiger partial charge in [-0.25, -0.2) is 4.39 Å². The predicted molar refractivity (Wildman–Crippen MR) is 73.2 cm³/mol. The fourth-order valence-corrected chi connectivity index (χ4v) is 2.89. The Hall–Kier alpha value is -0.930. The lowest BCUT2D eigenvalue weighted by Crippen LogP contribution is -2.60. The van der Waals surface area contributed by atoms with Crippen LogP contribution in [0.1, 0.15) is 26.3 Å². The van der Waals surface area contributed by atoms with Crippen LogP contribution < -0.4 is 5.32 Å². The zero-order valence-electron chi connectivity index (χ0n) is 11.5. The van der Waals surface area contributed by atoms with Gasteiger partial charge < -0.3 is 5.32 Å². The lowest BCUT2D eigenvalue weighted by atomic mass is 9.95. The van der Waals surface area contributed by atoms with Gasteiger partial charge in [0.15, 0.2) is 0 Å². The van der Waals surface area contributed by atoms with Gasteiger partial charge in [0.2, 0.25) is 0 Å². The van der Waals surface area contributed by atoms with Crippen LogP contribution in [-0.4, -0.2) is 36.1 Å². The minimum atomic E-state index is -0.158. The maximum absolute atomic E-state index is 12.9. The van der Waals surface area contributed by atoms with Gasteiger partial charge in [0.1, 0.15) is 5.82 Å². The van der Waals surface area contributed by atoms with Gasteiger partial charge >= 0.3 is 0 Å². The van der Waals surface area contributed by atoms with E-state index in [0.29, 0.717) is 6.04 Å². The molecule has 1 N–H and O–H groups in total. The van der Waals surface area contributed by atoms with Gasteiger partial charge in [0, 0.05) is 31.2 Å². The number of hydrogen-bond acceptors (Lipinski definition) is 2. The van der Waals surface area contributed by atoms with E-state index in [1.54, 1.807) is 12.1 Å². The highest BCUT2D eigenvalue weighted by Gasteiger charge is 2.32. The van der Waals surface area contributed by atoms with Gasteiger partial charge in [0.05, 0.1) is 0 Å². The Morgan fingerprint density at radius 3 is 2.61 bits per heavy atom. The largest absolute Gasteiger partial charge is 0.314 e. The smallest absolute Gasteiger partial charge is 0.123 e. The minimum Gasteiger partial charge on any atom is -0.314 e. The number of nitrogens with one attached hydrogen (secondary N) is 1. The molecule has 0 spiro atoms. The van der Waals surface area contributed by atoms with E-state index >= 15 is 0 Å². The molecule has 1 aromatic rings. The third-order valence-corrected chi connectivity index (χ3v) is 3.84. The first-order valence-electron chi connectivity index (χ1n) is 6.71. The van der Waals surface area contributed by atoms with Crippen molar-refractivity contribution in [1.82, 2.24) is 10.2 Å². The number of rotatable bonds is 3. The Labute approximate surface area is 109 Å². The van der Waals surface area contributed by atoms with Crippen LogP contribution in [0.2, 0.25) is 0 Å². The van der Waals surface area contributed by atoms with Crippen LogP contribution in [0.4, 0.5) is 4.39 Å². The first kappa shape index (κ1) is 13.5. The fraction of sp³-hybridized carbons (Fsp3) is 0.600. The molecule has 18 heavy (non-hydrogen) atoms. The summed E-state index contributed by atoms with van der Waals surface area (Å²) in [6, 6.07) is 7.35. The summed E-state index contributed by atoms with van der Waals surface area (Å²) in [6.07, 6.45) is 0.976. The van der Waals surface area contributed by atoms with Crippen molar-refractivity contribution in [2.45, 2.75) is 38.8 Å². The van der Waals surface area contributed by atoms with E-state index in [1.165, 1.54) is 5.56 Å². The maximum atomic E-state index is 12.9. The summed E-state index contributed by atoms with van der Waals surface area (Å²) in [5.74, 6) is -0.158. The topological polar surface area (TPSA) is 15.3 Å². The van der Waals surface area contributed by atoms with Crippen LogP contribution in [0.15, 0.2) is 24.3 Å². The van der Waals surface area contributed by atoms with Crippen LogP contribution in [-0.2, 0) is 6.42 Å². The third kappa shape index (κ3) is 3.09. The number of hydrogen-bond donors (Lipinski definition) is 1. The lowest BCUT2D eigenvalue weighted by molar-refractivity contribution is 0.0523.